The van der Waals surface area contributed by atoms with Gasteiger partial charge in [0.1, 0.15) is 0 Å². The molecule has 0 unspecified atom stereocenters. The van der Waals surface area contributed by atoms with Crippen molar-refractivity contribution >= 4 is 44.1 Å². The van der Waals surface area contributed by atoms with E-state index in [1.54, 1.807) is 11.3 Å². The monoisotopic (exact) mass is 403 g/mol. The maximum atomic E-state index is 4.64. The van der Waals surface area contributed by atoms with Crippen LogP contribution in [0.3, 0.4) is 0 Å². The summed E-state index contributed by atoms with van der Waals surface area (Å²) in [5.74, 6) is 0.665. The molecule has 1 aromatic carbocycles. The minimum atomic E-state index is 0.665. The zero-order chi connectivity index (χ0) is 16.5. The van der Waals surface area contributed by atoms with E-state index in [9.17, 15) is 0 Å². The second-order valence-corrected chi connectivity index (χ2v) is 8.44. The molecule has 3 heterocycles. The Kier molecular flexibility index (Phi) is 4.49. The molecule has 0 atom stereocenters. The molecule has 0 amide bonds. The molecule has 3 aromatic rings. The number of aromatic nitrogens is 2. The normalized spacial score (nSPS) is 16.6. The van der Waals surface area contributed by atoms with Crippen LogP contribution in [0, 0.1) is 0 Å². The van der Waals surface area contributed by atoms with Gasteiger partial charge < -0.3 is 4.90 Å². The van der Waals surface area contributed by atoms with Crippen LogP contribution in [-0.2, 0) is 0 Å². The summed E-state index contributed by atoms with van der Waals surface area (Å²) in [6, 6.07) is 10.5. The number of fused-ring (bicyclic) bond motifs is 1. The van der Waals surface area contributed by atoms with Crippen molar-refractivity contribution < 1.29 is 0 Å². The Morgan fingerprint density at radius 2 is 1.96 bits per heavy atom. The van der Waals surface area contributed by atoms with Gasteiger partial charge in [-0.15, -0.1) is 11.3 Å². The van der Waals surface area contributed by atoms with Crippen LogP contribution < -0.4 is 5.43 Å². The first-order valence-electron chi connectivity index (χ1n) is 7.90. The van der Waals surface area contributed by atoms with Crippen molar-refractivity contribution in [3.05, 3.63) is 40.3 Å². The van der Waals surface area contributed by atoms with Gasteiger partial charge in [-0.1, -0.05) is 6.07 Å². The molecule has 5 nitrogen and oxygen atoms in total. The van der Waals surface area contributed by atoms with Crippen molar-refractivity contribution in [2.75, 3.05) is 38.7 Å². The number of halogens is 1. The highest BCUT2D eigenvalue weighted by atomic mass is 79.9. The summed E-state index contributed by atoms with van der Waals surface area (Å²) in [6.45, 7) is 4.06. The molecule has 0 saturated carbocycles. The number of piperazine rings is 1. The summed E-state index contributed by atoms with van der Waals surface area (Å²) in [7, 11) is 2.15. The van der Waals surface area contributed by atoms with E-state index in [-0.39, 0.29) is 0 Å². The van der Waals surface area contributed by atoms with Crippen molar-refractivity contribution in [2.45, 2.75) is 0 Å². The predicted octanol–water partition coefficient (Wildman–Crippen LogP) is 3.70. The summed E-state index contributed by atoms with van der Waals surface area (Å²) < 4.78 is 1.14. The van der Waals surface area contributed by atoms with Crippen molar-refractivity contribution in [1.29, 1.82) is 0 Å². The summed E-state index contributed by atoms with van der Waals surface area (Å²) in [4.78, 5) is 12.7. The van der Waals surface area contributed by atoms with Gasteiger partial charge in [0.25, 0.3) is 0 Å². The first-order valence-corrected chi connectivity index (χ1v) is 9.51. The number of rotatable bonds is 3. The van der Waals surface area contributed by atoms with Crippen LogP contribution in [0.5, 0.6) is 0 Å². The standard InChI is InChI=1S/C17H18BrN5S/c1-22-6-8-23(9-7-22)21-17-19-11-13-10-12(2-3-14(13)20-17)15-4-5-16(18)24-15/h2-5,10-11H,6-9H2,1H3,(H,19,20,21). The van der Waals surface area contributed by atoms with Gasteiger partial charge in [0.05, 0.1) is 9.30 Å². The molecular weight excluding hydrogens is 386 g/mol. The lowest BCUT2D eigenvalue weighted by Crippen LogP contribution is -2.47. The van der Waals surface area contributed by atoms with E-state index in [0.717, 1.165) is 40.9 Å². The zero-order valence-corrected chi connectivity index (χ0v) is 15.8. The highest BCUT2D eigenvalue weighted by Crippen LogP contribution is 2.32. The summed E-state index contributed by atoms with van der Waals surface area (Å²) >= 11 is 5.25. The largest absolute Gasteiger partial charge is 0.304 e. The van der Waals surface area contributed by atoms with E-state index in [0.29, 0.717) is 5.95 Å². The van der Waals surface area contributed by atoms with Gasteiger partial charge in [-0.2, -0.15) is 0 Å². The highest BCUT2D eigenvalue weighted by molar-refractivity contribution is 9.11. The van der Waals surface area contributed by atoms with Crippen molar-refractivity contribution in [3.8, 4) is 10.4 Å². The van der Waals surface area contributed by atoms with E-state index < -0.39 is 0 Å². The fraction of sp³-hybridized carbons (Fsp3) is 0.294. The third-order valence-corrected chi connectivity index (χ3v) is 5.87. The molecule has 1 aliphatic rings. The lowest BCUT2D eigenvalue weighted by atomic mass is 10.1. The van der Waals surface area contributed by atoms with Crippen molar-refractivity contribution in [3.63, 3.8) is 0 Å². The number of hydrazine groups is 1. The number of hydrogen-bond acceptors (Lipinski definition) is 6. The Morgan fingerprint density at radius 3 is 2.71 bits per heavy atom. The maximum Gasteiger partial charge on any atom is 0.238 e. The molecule has 1 fully saturated rings. The number of nitrogens with zero attached hydrogens (tertiary/aromatic N) is 4. The number of nitrogens with one attached hydrogen (secondary N) is 1. The van der Waals surface area contributed by atoms with Crippen LogP contribution in [0.15, 0.2) is 40.3 Å². The van der Waals surface area contributed by atoms with Gasteiger partial charge in [-0.25, -0.2) is 15.0 Å². The molecular formula is C17H18BrN5S. The Morgan fingerprint density at radius 1 is 1.12 bits per heavy atom. The molecule has 1 saturated heterocycles. The number of hydrogen-bond donors (Lipinski definition) is 1. The lowest BCUT2D eigenvalue weighted by molar-refractivity contribution is 0.178. The molecule has 2 aromatic heterocycles. The van der Waals surface area contributed by atoms with Gasteiger partial charge in [0.15, 0.2) is 0 Å². The fourth-order valence-electron chi connectivity index (χ4n) is 2.77. The smallest absolute Gasteiger partial charge is 0.238 e. The molecule has 0 aliphatic carbocycles. The van der Waals surface area contributed by atoms with E-state index >= 15 is 0 Å². The van der Waals surface area contributed by atoms with E-state index in [1.165, 1.54) is 10.4 Å². The lowest BCUT2D eigenvalue weighted by Gasteiger charge is -2.32. The summed E-state index contributed by atoms with van der Waals surface area (Å²) in [5, 5.41) is 3.24. The van der Waals surface area contributed by atoms with Gasteiger partial charge in [-0.05, 0) is 52.8 Å². The number of anilines is 1. The first-order chi connectivity index (χ1) is 11.7. The van der Waals surface area contributed by atoms with E-state index in [4.69, 9.17) is 0 Å². The number of likely N-dealkylation sites (N-methyl/N-ethyl adjacent to an activating group) is 1. The molecule has 0 radical (unpaired) electrons. The third kappa shape index (κ3) is 3.44. The van der Waals surface area contributed by atoms with Crippen molar-refractivity contribution in [2.24, 2.45) is 0 Å². The van der Waals surface area contributed by atoms with E-state index in [1.807, 2.05) is 6.20 Å². The zero-order valence-electron chi connectivity index (χ0n) is 13.4. The second-order valence-electron chi connectivity index (χ2n) is 5.97. The van der Waals surface area contributed by atoms with Crippen LogP contribution in [0.1, 0.15) is 0 Å². The van der Waals surface area contributed by atoms with Gasteiger partial charge in [-0.3, -0.25) is 5.43 Å². The van der Waals surface area contributed by atoms with Crippen molar-refractivity contribution in [1.82, 2.24) is 19.9 Å². The molecule has 4 rings (SSSR count). The Bertz CT molecular complexity index is 857. The van der Waals surface area contributed by atoms with Crippen LogP contribution >= 0.6 is 27.3 Å². The molecule has 124 valence electrons. The molecule has 7 heteroatoms. The molecule has 0 bridgehead atoms. The third-order valence-electron chi connectivity index (χ3n) is 4.20. The SMILES string of the molecule is CN1CCN(Nc2ncc3cc(-c4ccc(Br)s4)ccc3n2)CC1. The number of benzene rings is 1. The highest BCUT2D eigenvalue weighted by Gasteiger charge is 2.14. The van der Waals surface area contributed by atoms with Crippen LogP contribution in [0.2, 0.25) is 0 Å². The second kappa shape index (κ2) is 6.76. The number of thiophene rings is 1. The average Bonchev–Trinajstić information content (AvgIpc) is 3.03. The molecule has 24 heavy (non-hydrogen) atoms. The quantitative estimate of drug-likeness (QED) is 0.722. The maximum absolute atomic E-state index is 4.64. The minimum absolute atomic E-state index is 0.665. The fourth-order valence-corrected chi connectivity index (χ4v) is 4.15. The summed E-state index contributed by atoms with van der Waals surface area (Å²) in [5.41, 5.74) is 5.48. The Hall–Kier alpha value is -1.54. The Labute approximate surface area is 153 Å². The van der Waals surface area contributed by atoms with Gasteiger partial charge in [0.2, 0.25) is 5.95 Å². The minimum Gasteiger partial charge on any atom is -0.304 e. The molecule has 1 N–H and O–H groups in total. The van der Waals surface area contributed by atoms with Gasteiger partial charge >= 0.3 is 0 Å². The molecule has 1 aliphatic heterocycles. The van der Waals surface area contributed by atoms with Crippen LogP contribution in [0.4, 0.5) is 5.95 Å². The van der Waals surface area contributed by atoms with Crippen LogP contribution in [0.25, 0.3) is 21.3 Å². The van der Waals surface area contributed by atoms with Gasteiger partial charge in [0, 0.05) is 42.6 Å². The molecule has 0 spiro atoms. The average molecular weight is 404 g/mol. The van der Waals surface area contributed by atoms with E-state index in [2.05, 4.69) is 78.6 Å². The van der Waals surface area contributed by atoms with Crippen LogP contribution in [-0.4, -0.2) is 53.1 Å². The topological polar surface area (TPSA) is 44.3 Å². The first kappa shape index (κ1) is 16.0. The summed E-state index contributed by atoms with van der Waals surface area (Å²) in [6.07, 6.45) is 1.90. The Balaban J connectivity index is 1.55. The predicted molar refractivity (Wildman–Crippen MR) is 103 cm³/mol.